The van der Waals surface area contributed by atoms with Crippen LogP contribution in [0, 0.1) is 5.82 Å². The van der Waals surface area contributed by atoms with Gasteiger partial charge in [0.2, 0.25) is 0 Å². The number of benzene rings is 2. The van der Waals surface area contributed by atoms with Crippen LogP contribution in [0.5, 0.6) is 5.75 Å². The zero-order valence-electron chi connectivity index (χ0n) is 16.1. The molecule has 0 saturated carbocycles. The molecule has 148 valence electrons. The lowest BCUT2D eigenvalue weighted by atomic mass is 10.1. The van der Waals surface area contributed by atoms with Gasteiger partial charge in [-0.05, 0) is 48.9 Å². The Balaban J connectivity index is 1.54. The lowest BCUT2D eigenvalue weighted by molar-refractivity contribution is 0.0535. The number of nitrogens with zero attached hydrogens (tertiary/aromatic N) is 2. The normalized spacial score (nSPS) is 14.1. The van der Waals surface area contributed by atoms with Gasteiger partial charge in [-0.1, -0.05) is 19.4 Å². The van der Waals surface area contributed by atoms with Crippen LogP contribution in [0.4, 0.5) is 4.39 Å². The van der Waals surface area contributed by atoms with Crippen molar-refractivity contribution in [3.63, 3.8) is 0 Å². The van der Waals surface area contributed by atoms with Crippen molar-refractivity contribution in [3.8, 4) is 5.75 Å². The Labute approximate surface area is 164 Å². The number of hydrogen-bond donors (Lipinski definition) is 0. The van der Waals surface area contributed by atoms with Crippen LogP contribution in [0.1, 0.15) is 40.5 Å². The van der Waals surface area contributed by atoms with Crippen molar-refractivity contribution in [2.75, 3.05) is 32.8 Å². The molecule has 1 aliphatic heterocycles. The van der Waals surface area contributed by atoms with Gasteiger partial charge < -0.3 is 14.5 Å². The minimum atomic E-state index is -0.429. The summed E-state index contributed by atoms with van der Waals surface area (Å²) in [6, 6.07) is 12.9. The van der Waals surface area contributed by atoms with E-state index in [2.05, 4.69) is 6.92 Å². The molecule has 1 heterocycles. The van der Waals surface area contributed by atoms with Crippen LogP contribution in [0.15, 0.2) is 48.5 Å². The van der Waals surface area contributed by atoms with Crippen molar-refractivity contribution in [3.05, 3.63) is 65.5 Å². The smallest absolute Gasteiger partial charge is 0.254 e. The van der Waals surface area contributed by atoms with Crippen LogP contribution in [0.3, 0.4) is 0 Å². The minimum absolute atomic E-state index is 0.0574. The molecular weight excluding hydrogens is 359 g/mol. The van der Waals surface area contributed by atoms with Gasteiger partial charge in [-0.3, -0.25) is 9.59 Å². The van der Waals surface area contributed by atoms with E-state index in [1.807, 2.05) is 12.1 Å². The van der Waals surface area contributed by atoms with E-state index in [0.717, 1.165) is 18.6 Å². The summed E-state index contributed by atoms with van der Waals surface area (Å²) in [5.41, 5.74) is 0.936. The number of unbranched alkanes of at least 4 members (excludes halogenated alkanes) is 1. The highest BCUT2D eigenvalue weighted by molar-refractivity contribution is 5.96. The molecule has 0 aromatic heterocycles. The summed E-state index contributed by atoms with van der Waals surface area (Å²) < 4.78 is 19.0. The molecule has 0 atom stereocenters. The standard InChI is InChI=1S/C22H25FN2O3/c1-2-3-15-28-20-9-7-17(8-10-20)21(26)24-11-13-25(14-12-24)22(27)18-5-4-6-19(23)16-18/h4-10,16H,2-3,11-15H2,1H3. The first kappa shape index (κ1) is 19.9. The summed E-state index contributed by atoms with van der Waals surface area (Å²) >= 11 is 0. The number of piperazine rings is 1. The van der Waals surface area contributed by atoms with Crippen molar-refractivity contribution in [1.82, 2.24) is 9.80 Å². The quantitative estimate of drug-likeness (QED) is 0.715. The summed E-state index contributed by atoms with van der Waals surface area (Å²) in [5.74, 6) is 0.0652. The van der Waals surface area contributed by atoms with E-state index >= 15 is 0 Å². The number of rotatable bonds is 6. The van der Waals surface area contributed by atoms with Gasteiger partial charge in [-0.25, -0.2) is 4.39 Å². The Morgan fingerprint density at radius 1 is 0.929 bits per heavy atom. The highest BCUT2D eigenvalue weighted by Crippen LogP contribution is 2.16. The largest absolute Gasteiger partial charge is 0.494 e. The Kier molecular flexibility index (Phi) is 6.63. The first-order valence-corrected chi connectivity index (χ1v) is 9.65. The summed E-state index contributed by atoms with van der Waals surface area (Å²) in [6.45, 7) is 4.55. The van der Waals surface area contributed by atoms with Gasteiger partial charge >= 0.3 is 0 Å². The van der Waals surface area contributed by atoms with Gasteiger partial charge in [0.15, 0.2) is 0 Å². The molecule has 1 fully saturated rings. The third-order valence-corrected chi connectivity index (χ3v) is 4.79. The first-order valence-electron chi connectivity index (χ1n) is 9.65. The topological polar surface area (TPSA) is 49.9 Å². The fourth-order valence-electron chi connectivity index (χ4n) is 3.13. The van der Waals surface area contributed by atoms with E-state index in [0.29, 0.717) is 43.9 Å². The van der Waals surface area contributed by atoms with Gasteiger partial charge in [0, 0.05) is 37.3 Å². The Bertz CT molecular complexity index is 815. The molecule has 0 spiro atoms. The molecule has 3 rings (SSSR count). The van der Waals surface area contributed by atoms with E-state index in [9.17, 15) is 14.0 Å². The van der Waals surface area contributed by atoms with E-state index in [1.54, 1.807) is 28.0 Å². The second-order valence-electron chi connectivity index (χ2n) is 6.82. The van der Waals surface area contributed by atoms with Gasteiger partial charge in [0.1, 0.15) is 11.6 Å². The summed E-state index contributed by atoms with van der Waals surface area (Å²) in [7, 11) is 0. The fraction of sp³-hybridized carbons (Fsp3) is 0.364. The van der Waals surface area contributed by atoms with Gasteiger partial charge in [0.05, 0.1) is 6.61 Å². The maximum absolute atomic E-state index is 13.3. The second-order valence-corrected chi connectivity index (χ2v) is 6.82. The van der Waals surface area contributed by atoms with Gasteiger partial charge in [-0.15, -0.1) is 0 Å². The average Bonchev–Trinajstić information content (AvgIpc) is 2.73. The molecular formula is C22H25FN2O3. The molecule has 0 unspecified atom stereocenters. The molecule has 2 amide bonds. The van der Waals surface area contributed by atoms with E-state index in [1.165, 1.54) is 18.2 Å². The van der Waals surface area contributed by atoms with Crippen LogP contribution in [-0.4, -0.2) is 54.4 Å². The monoisotopic (exact) mass is 384 g/mol. The number of halogens is 1. The van der Waals surface area contributed by atoms with Crippen molar-refractivity contribution >= 4 is 11.8 Å². The van der Waals surface area contributed by atoms with Gasteiger partial charge in [-0.2, -0.15) is 0 Å². The van der Waals surface area contributed by atoms with Crippen LogP contribution in [0.2, 0.25) is 0 Å². The average molecular weight is 384 g/mol. The molecule has 1 saturated heterocycles. The van der Waals surface area contributed by atoms with Crippen molar-refractivity contribution < 1.29 is 18.7 Å². The van der Waals surface area contributed by atoms with E-state index in [-0.39, 0.29) is 11.8 Å². The number of ether oxygens (including phenoxy) is 1. The molecule has 0 bridgehead atoms. The van der Waals surface area contributed by atoms with Crippen molar-refractivity contribution in [1.29, 1.82) is 0 Å². The predicted molar refractivity (Wildman–Crippen MR) is 105 cm³/mol. The molecule has 0 aliphatic carbocycles. The zero-order valence-corrected chi connectivity index (χ0v) is 16.1. The van der Waals surface area contributed by atoms with Crippen LogP contribution >= 0.6 is 0 Å². The summed E-state index contributed by atoms with van der Waals surface area (Å²) in [5, 5.41) is 0. The van der Waals surface area contributed by atoms with Crippen molar-refractivity contribution in [2.45, 2.75) is 19.8 Å². The number of carbonyl (C=O) groups excluding carboxylic acids is 2. The number of hydrogen-bond acceptors (Lipinski definition) is 3. The molecule has 28 heavy (non-hydrogen) atoms. The lowest BCUT2D eigenvalue weighted by Gasteiger charge is -2.35. The van der Waals surface area contributed by atoms with E-state index < -0.39 is 5.82 Å². The Morgan fingerprint density at radius 3 is 2.11 bits per heavy atom. The Hall–Kier alpha value is -2.89. The molecule has 0 radical (unpaired) electrons. The van der Waals surface area contributed by atoms with Crippen LogP contribution < -0.4 is 4.74 Å². The number of carbonyl (C=O) groups is 2. The third kappa shape index (κ3) is 4.88. The highest BCUT2D eigenvalue weighted by Gasteiger charge is 2.25. The first-order chi connectivity index (χ1) is 13.6. The highest BCUT2D eigenvalue weighted by atomic mass is 19.1. The minimum Gasteiger partial charge on any atom is -0.494 e. The van der Waals surface area contributed by atoms with Crippen LogP contribution in [0.25, 0.3) is 0 Å². The van der Waals surface area contributed by atoms with Crippen LogP contribution in [-0.2, 0) is 0 Å². The third-order valence-electron chi connectivity index (χ3n) is 4.79. The SMILES string of the molecule is CCCCOc1ccc(C(=O)N2CCN(C(=O)c3cccc(F)c3)CC2)cc1. The van der Waals surface area contributed by atoms with E-state index in [4.69, 9.17) is 4.74 Å². The lowest BCUT2D eigenvalue weighted by Crippen LogP contribution is -2.50. The maximum Gasteiger partial charge on any atom is 0.254 e. The summed E-state index contributed by atoms with van der Waals surface area (Å²) in [6.07, 6.45) is 2.07. The number of amides is 2. The van der Waals surface area contributed by atoms with Gasteiger partial charge in [0.25, 0.3) is 11.8 Å². The molecule has 1 aliphatic rings. The molecule has 5 nitrogen and oxygen atoms in total. The molecule has 2 aromatic rings. The zero-order chi connectivity index (χ0) is 19.9. The predicted octanol–water partition coefficient (Wildman–Crippen LogP) is 3.60. The fourth-order valence-corrected chi connectivity index (χ4v) is 3.13. The second kappa shape index (κ2) is 9.35. The Morgan fingerprint density at radius 2 is 1.54 bits per heavy atom. The molecule has 6 heteroatoms. The van der Waals surface area contributed by atoms with Crippen molar-refractivity contribution in [2.24, 2.45) is 0 Å². The summed E-state index contributed by atoms with van der Waals surface area (Å²) in [4.78, 5) is 28.6. The molecule has 2 aromatic carbocycles. The maximum atomic E-state index is 13.3. The molecule has 0 N–H and O–H groups in total.